The average Bonchev–Trinajstić information content (AvgIpc) is 2.46. The van der Waals surface area contributed by atoms with E-state index in [0.29, 0.717) is 26.2 Å². The van der Waals surface area contributed by atoms with Crippen LogP contribution in [0, 0.1) is 0 Å². The molecule has 2 fully saturated rings. The Labute approximate surface area is 113 Å². The van der Waals surface area contributed by atoms with Crippen LogP contribution < -0.4 is 5.32 Å². The van der Waals surface area contributed by atoms with Crippen LogP contribution in [0.1, 0.15) is 26.2 Å². The molecule has 6 heteroatoms. The van der Waals surface area contributed by atoms with Crippen LogP contribution in [0.5, 0.6) is 0 Å². The van der Waals surface area contributed by atoms with Crippen molar-refractivity contribution in [2.75, 3.05) is 32.7 Å². The number of amides is 1. The largest absolute Gasteiger partial charge is 0.480 e. The molecular formula is C13H23N3O3. The molecule has 2 N–H and O–H groups in total. The normalized spacial score (nSPS) is 27.0. The zero-order valence-corrected chi connectivity index (χ0v) is 11.5. The van der Waals surface area contributed by atoms with Gasteiger partial charge < -0.3 is 15.3 Å². The first-order valence-electron chi connectivity index (χ1n) is 7.08. The van der Waals surface area contributed by atoms with Gasteiger partial charge >= 0.3 is 5.97 Å². The summed E-state index contributed by atoms with van der Waals surface area (Å²) in [6, 6.07) is -0.498. The zero-order chi connectivity index (χ0) is 13.8. The molecule has 6 nitrogen and oxygen atoms in total. The van der Waals surface area contributed by atoms with E-state index in [4.69, 9.17) is 5.11 Å². The summed E-state index contributed by atoms with van der Waals surface area (Å²) in [5.74, 6) is -0.615. The molecule has 0 bridgehead atoms. The Morgan fingerprint density at radius 1 is 1.21 bits per heavy atom. The molecule has 19 heavy (non-hydrogen) atoms. The Balaban J connectivity index is 1.82. The summed E-state index contributed by atoms with van der Waals surface area (Å²) in [4.78, 5) is 27.0. The smallest absolute Gasteiger partial charge is 0.320 e. The number of piperidine rings is 1. The van der Waals surface area contributed by atoms with E-state index in [1.807, 2.05) is 9.80 Å². The quantitative estimate of drug-likeness (QED) is 0.739. The van der Waals surface area contributed by atoms with Gasteiger partial charge in [-0.2, -0.15) is 0 Å². The molecule has 0 saturated carbocycles. The predicted octanol–water partition coefficient (Wildman–Crippen LogP) is -0.254. The molecule has 0 aromatic carbocycles. The minimum Gasteiger partial charge on any atom is -0.480 e. The molecule has 2 aliphatic rings. The second-order valence-electron chi connectivity index (χ2n) is 5.38. The lowest BCUT2D eigenvalue weighted by molar-refractivity contribution is -0.144. The highest BCUT2D eigenvalue weighted by atomic mass is 16.4. The molecule has 0 radical (unpaired) electrons. The molecule has 1 amide bonds. The third-order valence-corrected chi connectivity index (χ3v) is 4.14. The maximum atomic E-state index is 12.3. The molecular weight excluding hydrogens is 246 g/mol. The number of carbonyl (C=O) groups is 2. The van der Waals surface area contributed by atoms with E-state index in [9.17, 15) is 9.59 Å². The van der Waals surface area contributed by atoms with E-state index < -0.39 is 12.0 Å². The van der Waals surface area contributed by atoms with Crippen LogP contribution in [0.2, 0.25) is 0 Å². The second kappa shape index (κ2) is 6.34. The molecule has 2 rings (SSSR count). The summed E-state index contributed by atoms with van der Waals surface area (Å²) in [5.41, 5.74) is 0. The van der Waals surface area contributed by atoms with Crippen molar-refractivity contribution in [3.8, 4) is 0 Å². The molecule has 2 saturated heterocycles. The topological polar surface area (TPSA) is 72.9 Å². The number of nitrogens with zero attached hydrogens (tertiary/aromatic N) is 2. The molecule has 108 valence electrons. The monoisotopic (exact) mass is 269 g/mol. The van der Waals surface area contributed by atoms with E-state index in [-0.39, 0.29) is 11.9 Å². The highest BCUT2D eigenvalue weighted by Gasteiger charge is 2.30. The first-order valence-corrected chi connectivity index (χ1v) is 7.08. The number of nitrogens with one attached hydrogen (secondary N) is 1. The van der Waals surface area contributed by atoms with Gasteiger partial charge in [0, 0.05) is 26.2 Å². The summed E-state index contributed by atoms with van der Waals surface area (Å²) < 4.78 is 0. The van der Waals surface area contributed by atoms with Crippen LogP contribution in [0.15, 0.2) is 0 Å². The van der Waals surface area contributed by atoms with Crippen LogP contribution in [0.3, 0.4) is 0 Å². The van der Waals surface area contributed by atoms with Crippen molar-refractivity contribution < 1.29 is 14.7 Å². The van der Waals surface area contributed by atoms with Gasteiger partial charge in [-0.15, -0.1) is 0 Å². The van der Waals surface area contributed by atoms with Gasteiger partial charge in [0.15, 0.2) is 0 Å². The van der Waals surface area contributed by atoms with Crippen molar-refractivity contribution in [1.82, 2.24) is 15.1 Å². The lowest BCUT2D eigenvalue weighted by Gasteiger charge is -2.38. The summed E-state index contributed by atoms with van der Waals surface area (Å²) in [6.45, 7) is 5.18. The van der Waals surface area contributed by atoms with E-state index in [2.05, 4.69) is 5.32 Å². The SMILES string of the molecule is CC(C(=O)O)N1CCN(C(=O)C2CCCCN2)CC1. The zero-order valence-electron chi connectivity index (χ0n) is 11.5. The summed E-state index contributed by atoms with van der Waals surface area (Å²) >= 11 is 0. The molecule has 0 aliphatic carbocycles. The van der Waals surface area contributed by atoms with Crippen LogP contribution in [-0.2, 0) is 9.59 Å². The molecule has 2 heterocycles. The minimum atomic E-state index is -0.797. The lowest BCUT2D eigenvalue weighted by Crippen LogP contribution is -2.57. The van der Waals surface area contributed by atoms with Crippen molar-refractivity contribution >= 4 is 11.9 Å². The van der Waals surface area contributed by atoms with Gasteiger partial charge in [-0.25, -0.2) is 0 Å². The first-order chi connectivity index (χ1) is 9.09. The third kappa shape index (κ3) is 3.45. The molecule has 0 aromatic rings. The third-order valence-electron chi connectivity index (χ3n) is 4.14. The highest BCUT2D eigenvalue weighted by molar-refractivity contribution is 5.82. The number of hydrogen-bond acceptors (Lipinski definition) is 4. The lowest BCUT2D eigenvalue weighted by atomic mass is 10.0. The van der Waals surface area contributed by atoms with Crippen molar-refractivity contribution in [3.05, 3.63) is 0 Å². The van der Waals surface area contributed by atoms with Gasteiger partial charge in [0.2, 0.25) is 5.91 Å². The van der Waals surface area contributed by atoms with Crippen LogP contribution in [0.4, 0.5) is 0 Å². The van der Waals surface area contributed by atoms with Gasteiger partial charge in [0.25, 0.3) is 0 Å². The fourth-order valence-corrected chi connectivity index (χ4v) is 2.77. The molecule has 0 aromatic heterocycles. The maximum absolute atomic E-state index is 12.3. The average molecular weight is 269 g/mol. The predicted molar refractivity (Wildman–Crippen MR) is 70.9 cm³/mol. The molecule has 2 atom stereocenters. The number of aliphatic carboxylic acids is 1. The van der Waals surface area contributed by atoms with Crippen molar-refractivity contribution in [3.63, 3.8) is 0 Å². The van der Waals surface area contributed by atoms with Crippen LogP contribution in [-0.4, -0.2) is 71.6 Å². The Bertz CT molecular complexity index is 334. The van der Waals surface area contributed by atoms with Crippen molar-refractivity contribution in [2.45, 2.75) is 38.3 Å². The number of carboxylic acid groups (broad SMARTS) is 1. The second-order valence-corrected chi connectivity index (χ2v) is 5.38. The van der Waals surface area contributed by atoms with Crippen LogP contribution in [0.25, 0.3) is 0 Å². The van der Waals surface area contributed by atoms with E-state index in [1.54, 1.807) is 6.92 Å². The van der Waals surface area contributed by atoms with Gasteiger partial charge in [0.1, 0.15) is 6.04 Å². The molecule has 2 aliphatic heterocycles. The van der Waals surface area contributed by atoms with Crippen molar-refractivity contribution in [2.24, 2.45) is 0 Å². The first kappa shape index (κ1) is 14.3. The van der Waals surface area contributed by atoms with Gasteiger partial charge in [-0.3, -0.25) is 14.5 Å². The number of rotatable bonds is 3. The number of carboxylic acids is 1. The Morgan fingerprint density at radius 3 is 2.42 bits per heavy atom. The number of hydrogen-bond donors (Lipinski definition) is 2. The van der Waals surface area contributed by atoms with E-state index >= 15 is 0 Å². The van der Waals surface area contributed by atoms with Gasteiger partial charge in [0.05, 0.1) is 6.04 Å². The molecule has 2 unspecified atom stereocenters. The fraction of sp³-hybridized carbons (Fsp3) is 0.846. The summed E-state index contributed by atoms with van der Waals surface area (Å²) in [7, 11) is 0. The van der Waals surface area contributed by atoms with Crippen molar-refractivity contribution in [1.29, 1.82) is 0 Å². The number of piperazine rings is 1. The Kier molecular flexibility index (Phi) is 4.76. The summed E-state index contributed by atoms with van der Waals surface area (Å²) in [5, 5.41) is 12.3. The highest BCUT2D eigenvalue weighted by Crippen LogP contribution is 2.13. The number of carbonyl (C=O) groups excluding carboxylic acids is 1. The minimum absolute atomic E-state index is 0.0304. The molecule has 0 spiro atoms. The standard InChI is InChI=1S/C13H23N3O3/c1-10(13(18)19)15-6-8-16(9-7-15)12(17)11-4-2-3-5-14-11/h10-11,14H,2-9H2,1H3,(H,18,19). The maximum Gasteiger partial charge on any atom is 0.320 e. The van der Waals surface area contributed by atoms with E-state index in [0.717, 1.165) is 25.8 Å². The van der Waals surface area contributed by atoms with E-state index in [1.165, 1.54) is 0 Å². The fourth-order valence-electron chi connectivity index (χ4n) is 2.77. The Hall–Kier alpha value is -1.14. The summed E-state index contributed by atoms with van der Waals surface area (Å²) in [6.07, 6.45) is 3.18. The van der Waals surface area contributed by atoms with Gasteiger partial charge in [-0.05, 0) is 26.3 Å². The van der Waals surface area contributed by atoms with Crippen LogP contribution >= 0.6 is 0 Å². The van der Waals surface area contributed by atoms with Gasteiger partial charge in [-0.1, -0.05) is 6.42 Å². The Morgan fingerprint density at radius 2 is 1.89 bits per heavy atom.